The Labute approximate surface area is 154 Å². The quantitative estimate of drug-likeness (QED) is 0.525. The van der Waals surface area contributed by atoms with Gasteiger partial charge in [0.2, 0.25) is 5.91 Å². The second-order valence-electron chi connectivity index (χ2n) is 6.32. The molecular formula is C17H21N3O5S. The Balaban J connectivity index is 2.02. The largest absolute Gasteiger partial charge is 0.480 e. The molecular weight excluding hydrogens is 358 g/mol. The van der Waals surface area contributed by atoms with Gasteiger partial charge in [0.1, 0.15) is 12.1 Å². The lowest BCUT2D eigenvalue weighted by Crippen LogP contribution is -2.49. The van der Waals surface area contributed by atoms with E-state index in [9.17, 15) is 24.6 Å². The van der Waals surface area contributed by atoms with E-state index < -0.39 is 36.4 Å². The molecule has 0 radical (unpaired) electrons. The lowest BCUT2D eigenvalue weighted by atomic mass is 10.0. The molecule has 0 saturated carbocycles. The Hall–Kier alpha value is -2.52. The summed E-state index contributed by atoms with van der Waals surface area (Å²) >= 11 is 1.28. The summed E-state index contributed by atoms with van der Waals surface area (Å²) < 4.78 is 0.901. The van der Waals surface area contributed by atoms with Crippen molar-refractivity contribution in [3.05, 3.63) is 24.3 Å². The maximum absolute atomic E-state index is 12.2. The van der Waals surface area contributed by atoms with Crippen LogP contribution in [0.3, 0.4) is 0 Å². The van der Waals surface area contributed by atoms with Crippen LogP contribution in [-0.4, -0.2) is 45.1 Å². The van der Waals surface area contributed by atoms with Gasteiger partial charge >= 0.3 is 11.9 Å². The number of aliphatic carboxylic acids is 2. The zero-order valence-electron chi connectivity index (χ0n) is 14.4. The van der Waals surface area contributed by atoms with E-state index in [1.807, 2.05) is 38.1 Å². The van der Waals surface area contributed by atoms with Crippen molar-refractivity contribution in [2.24, 2.45) is 5.92 Å². The smallest absolute Gasteiger partial charge is 0.321 e. The molecule has 0 aliphatic carbocycles. The van der Waals surface area contributed by atoms with Gasteiger partial charge in [0.15, 0.2) is 5.13 Å². The number of anilines is 1. The van der Waals surface area contributed by atoms with E-state index in [-0.39, 0.29) is 12.3 Å². The number of carboxylic acids is 2. The third-order valence-electron chi connectivity index (χ3n) is 3.64. The van der Waals surface area contributed by atoms with E-state index in [4.69, 9.17) is 0 Å². The van der Waals surface area contributed by atoms with Crippen LogP contribution in [0.1, 0.15) is 26.7 Å². The number of amides is 1. The van der Waals surface area contributed by atoms with Crippen LogP contribution in [-0.2, 0) is 14.4 Å². The molecule has 9 heteroatoms. The van der Waals surface area contributed by atoms with Gasteiger partial charge in [0, 0.05) is 0 Å². The number of aromatic nitrogens is 1. The average Bonchev–Trinajstić information content (AvgIpc) is 2.94. The second-order valence-corrected chi connectivity index (χ2v) is 7.35. The molecule has 1 aromatic heterocycles. The Kier molecular flexibility index (Phi) is 6.64. The molecule has 0 spiro atoms. The summed E-state index contributed by atoms with van der Waals surface area (Å²) in [5.41, 5.74) is 0.739. The molecule has 1 heterocycles. The Bertz CT molecular complexity index is 772. The van der Waals surface area contributed by atoms with E-state index in [2.05, 4.69) is 15.6 Å². The second kappa shape index (κ2) is 8.72. The average molecular weight is 379 g/mol. The fourth-order valence-corrected chi connectivity index (χ4v) is 3.34. The zero-order chi connectivity index (χ0) is 19.3. The topological polar surface area (TPSA) is 129 Å². The third kappa shape index (κ3) is 5.50. The molecule has 8 nitrogen and oxygen atoms in total. The lowest BCUT2D eigenvalue weighted by molar-refractivity contribution is -0.144. The highest BCUT2D eigenvalue weighted by Gasteiger charge is 2.28. The number of carbonyl (C=O) groups is 3. The minimum Gasteiger partial charge on any atom is -0.480 e. The van der Waals surface area contributed by atoms with Crippen LogP contribution in [0.25, 0.3) is 10.2 Å². The number of nitrogens with zero attached hydrogens (tertiary/aromatic N) is 1. The number of carbonyl (C=O) groups excluding carboxylic acids is 1. The summed E-state index contributed by atoms with van der Waals surface area (Å²) in [5.74, 6) is -2.90. The van der Waals surface area contributed by atoms with Crippen LogP contribution in [0.5, 0.6) is 0 Å². The molecule has 1 amide bonds. The van der Waals surface area contributed by atoms with Crippen LogP contribution < -0.4 is 10.6 Å². The molecule has 140 valence electrons. The normalized spacial score (nSPS) is 13.5. The Morgan fingerprint density at radius 1 is 1.12 bits per heavy atom. The van der Waals surface area contributed by atoms with Crippen LogP contribution in [0.4, 0.5) is 5.13 Å². The van der Waals surface area contributed by atoms with Gasteiger partial charge in [0.25, 0.3) is 0 Å². The van der Waals surface area contributed by atoms with Crippen molar-refractivity contribution in [2.45, 2.75) is 38.8 Å². The van der Waals surface area contributed by atoms with Crippen molar-refractivity contribution in [2.75, 3.05) is 5.32 Å². The highest BCUT2D eigenvalue weighted by Crippen LogP contribution is 2.25. The Morgan fingerprint density at radius 2 is 1.77 bits per heavy atom. The van der Waals surface area contributed by atoms with Crippen molar-refractivity contribution in [3.8, 4) is 0 Å². The van der Waals surface area contributed by atoms with Crippen molar-refractivity contribution < 1.29 is 24.6 Å². The molecule has 0 saturated heterocycles. The maximum Gasteiger partial charge on any atom is 0.321 e. The minimum atomic E-state index is -1.30. The van der Waals surface area contributed by atoms with Gasteiger partial charge in [-0.05, 0) is 24.5 Å². The Morgan fingerprint density at radius 3 is 2.35 bits per heavy atom. The number of fused-ring (bicyclic) bond motifs is 1. The molecule has 2 atom stereocenters. The monoisotopic (exact) mass is 379 g/mol. The number of hydrogen-bond acceptors (Lipinski definition) is 6. The first-order chi connectivity index (χ1) is 12.3. The molecule has 0 unspecified atom stereocenters. The number of rotatable bonds is 9. The number of thiazole rings is 1. The first kappa shape index (κ1) is 19.8. The first-order valence-corrected chi connectivity index (χ1v) is 8.95. The number of carboxylic acid groups (broad SMARTS) is 2. The molecule has 26 heavy (non-hydrogen) atoms. The minimum absolute atomic E-state index is 0.0645. The molecule has 0 fully saturated rings. The van der Waals surface area contributed by atoms with Crippen LogP contribution >= 0.6 is 11.3 Å². The predicted molar refractivity (Wildman–Crippen MR) is 98.3 cm³/mol. The predicted octanol–water partition coefficient (Wildman–Crippen LogP) is 2.17. The van der Waals surface area contributed by atoms with Crippen molar-refractivity contribution in [1.82, 2.24) is 10.3 Å². The van der Waals surface area contributed by atoms with E-state index >= 15 is 0 Å². The van der Waals surface area contributed by atoms with Crippen LogP contribution in [0.2, 0.25) is 0 Å². The molecule has 0 aliphatic rings. The molecule has 4 N–H and O–H groups in total. The van der Waals surface area contributed by atoms with Gasteiger partial charge in [-0.3, -0.25) is 19.7 Å². The number of nitrogens with one attached hydrogen (secondary N) is 2. The van der Waals surface area contributed by atoms with Gasteiger partial charge in [0.05, 0.1) is 16.6 Å². The SMILES string of the molecule is CC(C)C[C@H](N[C@@H](CC(=O)Nc1nc2ccccc2s1)C(=O)O)C(=O)O. The number of para-hydroxylation sites is 1. The zero-order valence-corrected chi connectivity index (χ0v) is 15.2. The summed E-state index contributed by atoms with van der Waals surface area (Å²) in [5, 5.41) is 24.1. The van der Waals surface area contributed by atoms with Crippen molar-refractivity contribution >= 4 is 44.5 Å². The third-order valence-corrected chi connectivity index (χ3v) is 4.59. The van der Waals surface area contributed by atoms with Crippen LogP contribution in [0, 0.1) is 5.92 Å². The fraction of sp³-hybridized carbons (Fsp3) is 0.412. The molecule has 0 bridgehead atoms. The number of hydrogen-bond donors (Lipinski definition) is 4. The summed E-state index contributed by atoms with van der Waals surface area (Å²) in [6.07, 6.45) is -0.133. The van der Waals surface area contributed by atoms with Crippen molar-refractivity contribution in [3.63, 3.8) is 0 Å². The fourth-order valence-electron chi connectivity index (χ4n) is 2.45. The standard InChI is InChI=1S/C17H21N3O5S/c1-9(2)7-11(15(22)23)18-12(16(24)25)8-14(21)20-17-19-10-5-3-4-6-13(10)26-17/h3-6,9,11-12,18H,7-8H2,1-2H3,(H,22,23)(H,24,25)(H,19,20,21)/t11-,12-/m0/s1. The summed E-state index contributed by atoms with van der Waals surface area (Å²) in [4.78, 5) is 39.2. The number of benzene rings is 1. The van der Waals surface area contributed by atoms with E-state index in [0.717, 1.165) is 10.2 Å². The molecule has 2 aromatic rings. The van der Waals surface area contributed by atoms with E-state index in [1.165, 1.54) is 11.3 Å². The van der Waals surface area contributed by atoms with Gasteiger partial charge in [-0.25, -0.2) is 4.98 Å². The summed E-state index contributed by atoms with van der Waals surface area (Å²) in [6, 6.07) is 5.03. The molecule has 2 rings (SSSR count). The maximum atomic E-state index is 12.2. The lowest BCUT2D eigenvalue weighted by Gasteiger charge is -2.21. The highest BCUT2D eigenvalue weighted by molar-refractivity contribution is 7.22. The van der Waals surface area contributed by atoms with Gasteiger partial charge in [-0.15, -0.1) is 0 Å². The van der Waals surface area contributed by atoms with Gasteiger partial charge < -0.3 is 15.5 Å². The van der Waals surface area contributed by atoms with Crippen molar-refractivity contribution in [1.29, 1.82) is 0 Å². The van der Waals surface area contributed by atoms with Gasteiger partial charge in [-0.2, -0.15) is 0 Å². The molecule has 1 aromatic carbocycles. The van der Waals surface area contributed by atoms with Crippen LogP contribution in [0.15, 0.2) is 24.3 Å². The van der Waals surface area contributed by atoms with E-state index in [0.29, 0.717) is 5.13 Å². The van der Waals surface area contributed by atoms with E-state index in [1.54, 1.807) is 0 Å². The molecule has 0 aliphatic heterocycles. The summed E-state index contributed by atoms with van der Waals surface area (Å²) in [7, 11) is 0. The first-order valence-electron chi connectivity index (χ1n) is 8.13. The van der Waals surface area contributed by atoms with Gasteiger partial charge in [-0.1, -0.05) is 37.3 Å². The summed E-state index contributed by atoms with van der Waals surface area (Å²) in [6.45, 7) is 3.68. The highest BCUT2D eigenvalue weighted by atomic mass is 32.1.